The molecule has 4 aromatic rings. The number of hydrogen-bond donors (Lipinski definition) is 2. The van der Waals surface area contributed by atoms with E-state index in [9.17, 15) is 14.9 Å². The third-order valence-corrected chi connectivity index (χ3v) is 6.84. The molecule has 0 saturated carbocycles. The zero-order chi connectivity index (χ0) is 21.3. The maximum atomic E-state index is 12.7. The van der Waals surface area contributed by atoms with Gasteiger partial charge in [0.25, 0.3) is 11.6 Å². The number of amides is 1. The van der Waals surface area contributed by atoms with Gasteiger partial charge in [0.05, 0.1) is 9.95 Å². The number of aromatic nitrogens is 3. The quantitative estimate of drug-likeness (QED) is 0.225. The highest BCUT2D eigenvalue weighted by Gasteiger charge is 2.22. The number of anilines is 1. The monoisotopic (exact) mass is 459 g/mol. The van der Waals surface area contributed by atoms with Crippen LogP contribution in [0.25, 0.3) is 10.1 Å². The predicted octanol–water partition coefficient (Wildman–Crippen LogP) is 5.43. The lowest BCUT2D eigenvalue weighted by Crippen LogP contribution is -2.10. The molecule has 0 bridgehead atoms. The average Bonchev–Trinajstić information content (AvgIpc) is 3.30. The van der Waals surface area contributed by atoms with Gasteiger partial charge in [0, 0.05) is 22.9 Å². The fraction of sp³-hybridized carbons (Fsp3) is 0.105. The van der Waals surface area contributed by atoms with Gasteiger partial charge in [-0.2, -0.15) is 0 Å². The highest BCUT2D eigenvalue weighted by atomic mass is 35.5. The van der Waals surface area contributed by atoms with Crippen molar-refractivity contribution in [2.24, 2.45) is 0 Å². The number of nitrogens with zero attached hydrogens (tertiary/aromatic N) is 3. The van der Waals surface area contributed by atoms with E-state index in [0.717, 1.165) is 22.7 Å². The normalized spacial score (nSPS) is 11.0. The van der Waals surface area contributed by atoms with Crippen LogP contribution in [0.2, 0.25) is 5.02 Å². The number of thioether (sulfide) groups is 1. The number of hydrogen-bond acceptors (Lipinski definition) is 7. The molecule has 0 saturated heterocycles. The number of halogens is 1. The summed E-state index contributed by atoms with van der Waals surface area (Å²) in [6.45, 7) is 1.84. The average molecular weight is 460 g/mol. The number of carbonyl (C=O) groups is 1. The number of fused-ring (bicyclic) bond motifs is 1. The van der Waals surface area contributed by atoms with Crippen molar-refractivity contribution in [3.8, 4) is 0 Å². The lowest BCUT2D eigenvalue weighted by atomic mass is 10.2. The van der Waals surface area contributed by atoms with Gasteiger partial charge in [-0.3, -0.25) is 20.0 Å². The van der Waals surface area contributed by atoms with Gasteiger partial charge in [0.1, 0.15) is 15.4 Å². The molecule has 0 aliphatic carbocycles. The number of H-pyrrole nitrogens is 1. The lowest BCUT2D eigenvalue weighted by Gasteiger charge is -2.05. The number of non-ortho nitro benzene ring substituents is 1. The number of nitro benzene ring substituents is 1. The topological polar surface area (TPSA) is 114 Å². The Kier molecular flexibility index (Phi) is 5.71. The molecule has 4 rings (SSSR count). The Bertz CT molecular complexity index is 1250. The number of aromatic amines is 1. The Labute approximate surface area is 183 Å². The minimum absolute atomic E-state index is 0.0677. The van der Waals surface area contributed by atoms with Crippen molar-refractivity contribution >= 4 is 62.1 Å². The molecule has 30 heavy (non-hydrogen) atoms. The van der Waals surface area contributed by atoms with Crippen LogP contribution in [0.5, 0.6) is 0 Å². The van der Waals surface area contributed by atoms with E-state index in [1.807, 2.05) is 19.1 Å². The summed E-state index contributed by atoms with van der Waals surface area (Å²) in [5, 5.41) is 22.3. The first-order chi connectivity index (χ1) is 14.4. The number of aryl methyl sites for hydroxylation is 1. The molecule has 11 heteroatoms. The SMILES string of the molecule is Cc1nc(SCc2ccc(NC(=O)c3sc4c([N+](=O)[O-])cccc4c3Cl)cc2)n[nH]1. The highest BCUT2D eigenvalue weighted by Crippen LogP contribution is 2.40. The van der Waals surface area contributed by atoms with Gasteiger partial charge < -0.3 is 5.32 Å². The number of nitrogens with one attached hydrogen (secondary N) is 2. The van der Waals surface area contributed by atoms with Gasteiger partial charge in [-0.1, -0.05) is 47.6 Å². The summed E-state index contributed by atoms with van der Waals surface area (Å²) in [6, 6.07) is 12.0. The molecule has 0 unspecified atom stereocenters. The second-order valence-electron chi connectivity index (χ2n) is 6.30. The van der Waals surface area contributed by atoms with Gasteiger partial charge >= 0.3 is 0 Å². The molecule has 0 radical (unpaired) electrons. The molecule has 152 valence electrons. The summed E-state index contributed by atoms with van der Waals surface area (Å²) in [7, 11) is 0. The molecular weight excluding hydrogens is 446 g/mol. The van der Waals surface area contributed by atoms with Gasteiger partial charge in [-0.25, -0.2) is 4.98 Å². The largest absolute Gasteiger partial charge is 0.321 e. The fourth-order valence-electron chi connectivity index (χ4n) is 2.77. The second-order valence-corrected chi connectivity index (χ2v) is 8.64. The van der Waals surface area contributed by atoms with Crippen LogP contribution in [0.4, 0.5) is 11.4 Å². The van der Waals surface area contributed by atoms with Crippen molar-refractivity contribution in [2.45, 2.75) is 17.8 Å². The zero-order valence-corrected chi connectivity index (χ0v) is 17.9. The summed E-state index contributed by atoms with van der Waals surface area (Å²) >= 11 is 8.85. The Balaban J connectivity index is 1.48. The molecule has 2 N–H and O–H groups in total. The van der Waals surface area contributed by atoms with Crippen molar-refractivity contribution < 1.29 is 9.72 Å². The molecule has 0 spiro atoms. The molecule has 1 amide bonds. The lowest BCUT2D eigenvalue weighted by molar-refractivity contribution is -0.382. The Morgan fingerprint density at radius 2 is 2.07 bits per heavy atom. The number of thiophene rings is 1. The third-order valence-electron chi connectivity index (χ3n) is 4.19. The van der Waals surface area contributed by atoms with Crippen LogP contribution in [0.15, 0.2) is 47.6 Å². The van der Waals surface area contributed by atoms with Crippen LogP contribution in [0.1, 0.15) is 21.1 Å². The minimum atomic E-state index is -0.479. The summed E-state index contributed by atoms with van der Waals surface area (Å²) < 4.78 is 0.382. The van der Waals surface area contributed by atoms with Crippen LogP contribution in [-0.4, -0.2) is 26.0 Å². The van der Waals surface area contributed by atoms with E-state index >= 15 is 0 Å². The number of carbonyl (C=O) groups excluding carboxylic acids is 1. The molecule has 0 aliphatic rings. The zero-order valence-electron chi connectivity index (χ0n) is 15.5. The summed E-state index contributed by atoms with van der Waals surface area (Å²) in [5.41, 5.74) is 1.59. The summed E-state index contributed by atoms with van der Waals surface area (Å²) in [6.07, 6.45) is 0. The third kappa shape index (κ3) is 4.16. The van der Waals surface area contributed by atoms with Crippen molar-refractivity contribution in [1.29, 1.82) is 0 Å². The van der Waals surface area contributed by atoms with Gasteiger partial charge in [0.15, 0.2) is 0 Å². The number of rotatable bonds is 6. The molecule has 0 aliphatic heterocycles. The molecule has 8 nitrogen and oxygen atoms in total. The first kappa shape index (κ1) is 20.3. The van der Waals surface area contributed by atoms with Crippen LogP contribution in [0, 0.1) is 17.0 Å². The van der Waals surface area contributed by atoms with E-state index in [1.54, 1.807) is 24.3 Å². The van der Waals surface area contributed by atoms with E-state index in [0.29, 0.717) is 26.7 Å². The molecule has 0 atom stereocenters. The van der Waals surface area contributed by atoms with Crippen molar-refractivity contribution in [2.75, 3.05) is 5.32 Å². The maximum absolute atomic E-state index is 12.7. The van der Waals surface area contributed by atoms with Crippen molar-refractivity contribution in [1.82, 2.24) is 15.2 Å². The van der Waals surface area contributed by atoms with E-state index in [-0.39, 0.29) is 15.6 Å². The second kappa shape index (κ2) is 8.42. The number of nitro groups is 1. The Morgan fingerprint density at radius 3 is 2.73 bits per heavy atom. The predicted molar refractivity (Wildman–Crippen MR) is 119 cm³/mol. The first-order valence-electron chi connectivity index (χ1n) is 8.70. The van der Waals surface area contributed by atoms with E-state index in [4.69, 9.17) is 11.6 Å². The Hall–Kier alpha value is -2.95. The maximum Gasteiger partial charge on any atom is 0.287 e. The van der Waals surface area contributed by atoms with E-state index < -0.39 is 10.8 Å². The standard InChI is InChI=1S/C19H14ClN5O3S2/c1-10-21-19(24-23-10)29-9-11-5-7-12(8-6-11)22-18(26)17-15(20)13-3-2-4-14(25(27)28)16(13)30-17/h2-8H,9H2,1H3,(H,22,26)(H,21,23,24). The fourth-order valence-corrected chi connectivity index (χ4v) is 5.06. The van der Waals surface area contributed by atoms with Gasteiger partial charge in [-0.15, -0.1) is 16.4 Å². The van der Waals surface area contributed by atoms with Crippen LogP contribution < -0.4 is 5.32 Å². The van der Waals surface area contributed by atoms with Gasteiger partial charge in [0.2, 0.25) is 5.16 Å². The van der Waals surface area contributed by atoms with Crippen molar-refractivity contribution in [3.05, 3.63) is 73.9 Å². The molecule has 0 fully saturated rings. The molecule has 2 aromatic carbocycles. The summed E-state index contributed by atoms with van der Waals surface area (Å²) in [4.78, 5) is 27.9. The molecule has 2 heterocycles. The van der Waals surface area contributed by atoms with E-state index in [1.165, 1.54) is 17.8 Å². The Morgan fingerprint density at radius 1 is 1.30 bits per heavy atom. The minimum Gasteiger partial charge on any atom is -0.321 e. The van der Waals surface area contributed by atoms with Crippen molar-refractivity contribution in [3.63, 3.8) is 0 Å². The summed E-state index contributed by atoms with van der Waals surface area (Å²) in [5.74, 6) is 1.05. The van der Waals surface area contributed by atoms with Gasteiger partial charge in [-0.05, 0) is 24.6 Å². The molecule has 2 aromatic heterocycles. The number of benzene rings is 2. The highest BCUT2D eigenvalue weighted by molar-refractivity contribution is 7.98. The van der Waals surface area contributed by atoms with Crippen LogP contribution in [0.3, 0.4) is 0 Å². The smallest absolute Gasteiger partial charge is 0.287 e. The van der Waals surface area contributed by atoms with Crippen LogP contribution >= 0.6 is 34.7 Å². The first-order valence-corrected chi connectivity index (χ1v) is 10.9. The van der Waals surface area contributed by atoms with E-state index in [2.05, 4.69) is 20.5 Å². The van der Waals surface area contributed by atoms with Crippen LogP contribution in [-0.2, 0) is 5.75 Å². The molecular formula is C19H14ClN5O3S2.